The van der Waals surface area contributed by atoms with Crippen LogP contribution in [0, 0.1) is 0 Å². The summed E-state index contributed by atoms with van der Waals surface area (Å²) in [4.78, 5) is 13.5. The van der Waals surface area contributed by atoms with Crippen molar-refractivity contribution in [2.24, 2.45) is 0 Å². The molecule has 0 fully saturated rings. The van der Waals surface area contributed by atoms with Crippen LogP contribution in [0.4, 0.5) is 10.5 Å². The summed E-state index contributed by atoms with van der Waals surface area (Å²) in [5, 5.41) is 3.29. The first-order chi connectivity index (χ1) is 8.79. The number of benzene rings is 1. The number of ether oxygens (including phenoxy) is 1. The summed E-state index contributed by atoms with van der Waals surface area (Å²) in [7, 11) is 1.76. The fourth-order valence-electron chi connectivity index (χ4n) is 1.47. The molecule has 1 rings (SSSR count). The molecular weight excluding hydrogens is 240 g/mol. The van der Waals surface area contributed by atoms with Gasteiger partial charge in [0, 0.05) is 25.3 Å². The molecule has 1 aromatic carbocycles. The third kappa shape index (κ3) is 5.64. The van der Waals surface area contributed by atoms with Crippen LogP contribution in [0.2, 0.25) is 0 Å². The Hall–Kier alpha value is -1.71. The van der Waals surface area contributed by atoms with E-state index in [1.54, 1.807) is 11.9 Å². The Morgan fingerprint density at radius 2 is 1.89 bits per heavy atom. The Bertz CT molecular complexity index is 398. The monoisotopic (exact) mass is 264 g/mol. The molecule has 0 aliphatic rings. The van der Waals surface area contributed by atoms with Crippen LogP contribution in [0.5, 0.6) is 0 Å². The molecule has 0 saturated carbocycles. The van der Waals surface area contributed by atoms with Crippen LogP contribution in [0.1, 0.15) is 27.7 Å². The van der Waals surface area contributed by atoms with E-state index in [-0.39, 0.29) is 12.1 Å². The first-order valence-electron chi connectivity index (χ1n) is 6.54. The van der Waals surface area contributed by atoms with Gasteiger partial charge in [-0.1, -0.05) is 18.2 Å². The summed E-state index contributed by atoms with van der Waals surface area (Å²) in [5.41, 5.74) is 0.588. The molecule has 1 N–H and O–H groups in total. The Labute approximate surface area is 115 Å². The summed E-state index contributed by atoms with van der Waals surface area (Å²) in [6.45, 7) is 8.27. The Morgan fingerprint density at radius 3 is 2.42 bits per heavy atom. The average Bonchev–Trinajstić information content (AvgIpc) is 2.34. The standard InChI is InChI=1S/C15H24N2O2/c1-12(11-16-13-9-7-6-8-10-13)17(5)14(18)19-15(2,3)4/h6-10,12,16H,11H2,1-5H3. The van der Waals surface area contributed by atoms with Crippen molar-refractivity contribution in [2.75, 3.05) is 18.9 Å². The van der Waals surface area contributed by atoms with Crippen molar-refractivity contribution < 1.29 is 9.53 Å². The smallest absolute Gasteiger partial charge is 0.410 e. The van der Waals surface area contributed by atoms with Crippen molar-refractivity contribution in [3.05, 3.63) is 30.3 Å². The van der Waals surface area contributed by atoms with Gasteiger partial charge >= 0.3 is 6.09 Å². The van der Waals surface area contributed by atoms with Gasteiger partial charge in [-0.05, 0) is 39.8 Å². The van der Waals surface area contributed by atoms with Crippen molar-refractivity contribution in [2.45, 2.75) is 39.3 Å². The van der Waals surface area contributed by atoms with Crippen LogP contribution in [0.15, 0.2) is 30.3 Å². The first kappa shape index (κ1) is 15.3. The highest BCUT2D eigenvalue weighted by Gasteiger charge is 2.22. The minimum Gasteiger partial charge on any atom is -0.444 e. The average molecular weight is 264 g/mol. The zero-order chi connectivity index (χ0) is 14.5. The van der Waals surface area contributed by atoms with Crippen molar-refractivity contribution >= 4 is 11.8 Å². The number of nitrogens with zero attached hydrogens (tertiary/aromatic N) is 1. The van der Waals surface area contributed by atoms with E-state index in [1.807, 2.05) is 58.0 Å². The molecule has 19 heavy (non-hydrogen) atoms. The number of nitrogens with one attached hydrogen (secondary N) is 1. The van der Waals surface area contributed by atoms with Crippen LogP contribution in [0.3, 0.4) is 0 Å². The van der Waals surface area contributed by atoms with Crippen LogP contribution in [-0.4, -0.2) is 36.2 Å². The molecule has 0 aliphatic heterocycles. The highest BCUT2D eigenvalue weighted by atomic mass is 16.6. The largest absolute Gasteiger partial charge is 0.444 e. The van der Waals surface area contributed by atoms with Gasteiger partial charge in [0.15, 0.2) is 0 Å². The number of para-hydroxylation sites is 1. The van der Waals surface area contributed by atoms with Crippen molar-refractivity contribution in [1.29, 1.82) is 0 Å². The predicted molar refractivity (Wildman–Crippen MR) is 78.4 cm³/mol. The number of carbonyl (C=O) groups is 1. The maximum absolute atomic E-state index is 11.9. The minimum atomic E-state index is -0.460. The zero-order valence-corrected chi connectivity index (χ0v) is 12.4. The third-order valence-electron chi connectivity index (χ3n) is 2.72. The maximum Gasteiger partial charge on any atom is 0.410 e. The van der Waals surface area contributed by atoms with E-state index < -0.39 is 5.60 Å². The number of hydrogen-bond acceptors (Lipinski definition) is 3. The van der Waals surface area contributed by atoms with Gasteiger partial charge in [0.2, 0.25) is 0 Å². The van der Waals surface area contributed by atoms with Gasteiger partial charge in [-0.2, -0.15) is 0 Å². The molecule has 0 aromatic heterocycles. The topological polar surface area (TPSA) is 41.6 Å². The maximum atomic E-state index is 11.9. The van der Waals surface area contributed by atoms with E-state index in [0.29, 0.717) is 6.54 Å². The molecule has 106 valence electrons. The molecule has 0 heterocycles. The Kier molecular flexibility index (Phi) is 5.21. The van der Waals surface area contributed by atoms with E-state index >= 15 is 0 Å². The van der Waals surface area contributed by atoms with E-state index in [1.165, 1.54) is 0 Å². The summed E-state index contributed by atoms with van der Waals surface area (Å²) in [6.07, 6.45) is -0.296. The van der Waals surface area contributed by atoms with Crippen LogP contribution < -0.4 is 5.32 Å². The Morgan fingerprint density at radius 1 is 1.32 bits per heavy atom. The van der Waals surface area contributed by atoms with E-state index in [9.17, 15) is 4.79 Å². The lowest BCUT2D eigenvalue weighted by molar-refractivity contribution is 0.0245. The predicted octanol–water partition coefficient (Wildman–Crippen LogP) is 3.35. The quantitative estimate of drug-likeness (QED) is 0.906. The van der Waals surface area contributed by atoms with Crippen molar-refractivity contribution in [3.8, 4) is 0 Å². The number of amides is 1. The molecule has 0 bridgehead atoms. The first-order valence-corrected chi connectivity index (χ1v) is 6.54. The second-order valence-electron chi connectivity index (χ2n) is 5.69. The molecule has 4 heteroatoms. The van der Waals surface area contributed by atoms with Crippen molar-refractivity contribution in [3.63, 3.8) is 0 Å². The second-order valence-corrected chi connectivity index (χ2v) is 5.69. The molecule has 1 atom stereocenters. The summed E-state index contributed by atoms with van der Waals surface area (Å²) in [5.74, 6) is 0. The molecule has 0 aliphatic carbocycles. The highest BCUT2D eigenvalue weighted by molar-refractivity contribution is 5.68. The van der Waals surface area contributed by atoms with E-state index in [0.717, 1.165) is 5.69 Å². The highest BCUT2D eigenvalue weighted by Crippen LogP contribution is 2.11. The number of rotatable bonds is 4. The van der Waals surface area contributed by atoms with E-state index in [2.05, 4.69) is 5.32 Å². The fraction of sp³-hybridized carbons (Fsp3) is 0.533. The molecule has 4 nitrogen and oxygen atoms in total. The van der Waals surface area contributed by atoms with E-state index in [4.69, 9.17) is 4.74 Å². The van der Waals surface area contributed by atoms with Gasteiger partial charge in [0.1, 0.15) is 5.60 Å². The third-order valence-corrected chi connectivity index (χ3v) is 2.72. The molecule has 0 spiro atoms. The number of hydrogen-bond donors (Lipinski definition) is 1. The van der Waals surface area contributed by atoms with Crippen LogP contribution >= 0.6 is 0 Å². The molecule has 0 saturated heterocycles. The molecule has 1 unspecified atom stereocenters. The Balaban J connectivity index is 2.44. The van der Waals surface area contributed by atoms with Crippen LogP contribution in [-0.2, 0) is 4.74 Å². The normalized spacial score (nSPS) is 12.7. The summed E-state index contributed by atoms with van der Waals surface area (Å²) < 4.78 is 5.33. The van der Waals surface area contributed by atoms with Gasteiger partial charge in [-0.3, -0.25) is 0 Å². The second kappa shape index (κ2) is 6.45. The molecular formula is C15H24N2O2. The number of likely N-dealkylation sites (N-methyl/N-ethyl adjacent to an activating group) is 1. The summed E-state index contributed by atoms with van der Waals surface area (Å²) in [6, 6.07) is 9.98. The van der Waals surface area contributed by atoms with Crippen molar-refractivity contribution in [1.82, 2.24) is 4.90 Å². The lowest BCUT2D eigenvalue weighted by atomic mass is 10.2. The van der Waals surface area contributed by atoms with Crippen LogP contribution in [0.25, 0.3) is 0 Å². The molecule has 1 amide bonds. The molecule has 1 aromatic rings. The lowest BCUT2D eigenvalue weighted by Crippen LogP contribution is -2.42. The van der Waals surface area contributed by atoms with Gasteiger partial charge in [0.05, 0.1) is 0 Å². The SMILES string of the molecule is CC(CNc1ccccc1)N(C)C(=O)OC(C)(C)C. The van der Waals surface area contributed by atoms with Gasteiger partial charge in [0.25, 0.3) is 0 Å². The fourth-order valence-corrected chi connectivity index (χ4v) is 1.47. The number of carbonyl (C=O) groups excluding carboxylic acids is 1. The minimum absolute atomic E-state index is 0.0510. The zero-order valence-electron chi connectivity index (χ0n) is 12.4. The lowest BCUT2D eigenvalue weighted by Gasteiger charge is -2.29. The van der Waals surface area contributed by atoms with Gasteiger partial charge in [-0.25, -0.2) is 4.79 Å². The summed E-state index contributed by atoms with van der Waals surface area (Å²) >= 11 is 0. The number of anilines is 1. The van der Waals surface area contributed by atoms with Gasteiger partial charge in [-0.15, -0.1) is 0 Å². The molecule has 0 radical (unpaired) electrons. The van der Waals surface area contributed by atoms with Gasteiger partial charge < -0.3 is 15.0 Å².